The quantitative estimate of drug-likeness (QED) is 0.664. The SMILES string of the molecule is CC(=O)/C=C/C(C)Cc1ccccc1. The molecule has 1 aromatic rings. The number of carbonyl (C=O) groups excluding carboxylic acids is 1. The van der Waals surface area contributed by atoms with Gasteiger partial charge in [0.25, 0.3) is 0 Å². The van der Waals surface area contributed by atoms with Crippen LogP contribution in [0.25, 0.3) is 0 Å². The van der Waals surface area contributed by atoms with E-state index in [0.29, 0.717) is 5.92 Å². The van der Waals surface area contributed by atoms with Crippen molar-refractivity contribution < 1.29 is 4.79 Å². The van der Waals surface area contributed by atoms with Gasteiger partial charge in [-0.2, -0.15) is 0 Å². The van der Waals surface area contributed by atoms with Crippen molar-refractivity contribution in [1.82, 2.24) is 0 Å². The first-order valence-electron chi connectivity index (χ1n) is 4.91. The monoisotopic (exact) mass is 188 g/mol. The average Bonchev–Trinajstić information content (AvgIpc) is 2.16. The topological polar surface area (TPSA) is 17.1 Å². The zero-order chi connectivity index (χ0) is 10.4. The van der Waals surface area contributed by atoms with Gasteiger partial charge in [0, 0.05) is 0 Å². The minimum absolute atomic E-state index is 0.116. The fourth-order valence-electron chi connectivity index (χ4n) is 1.35. The molecule has 0 aliphatic carbocycles. The van der Waals surface area contributed by atoms with Crippen molar-refractivity contribution in [3.05, 3.63) is 48.0 Å². The molecule has 1 aromatic carbocycles. The molecule has 14 heavy (non-hydrogen) atoms. The molecule has 0 radical (unpaired) electrons. The fourth-order valence-corrected chi connectivity index (χ4v) is 1.35. The number of hydrogen-bond acceptors (Lipinski definition) is 1. The van der Waals surface area contributed by atoms with Gasteiger partial charge in [-0.25, -0.2) is 0 Å². The number of carbonyl (C=O) groups is 1. The van der Waals surface area contributed by atoms with Crippen LogP contribution in [0.15, 0.2) is 42.5 Å². The largest absolute Gasteiger partial charge is 0.295 e. The van der Waals surface area contributed by atoms with Crippen LogP contribution in [0, 0.1) is 5.92 Å². The van der Waals surface area contributed by atoms with Crippen molar-refractivity contribution in [3.63, 3.8) is 0 Å². The minimum Gasteiger partial charge on any atom is -0.295 e. The highest BCUT2D eigenvalue weighted by atomic mass is 16.1. The van der Waals surface area contributed by atoms with Gasteiger partial charge >= 0.3 is 0 Å². The molecule has 1 heteroatoms. The number of ketones is 1. The second-order valence-electron chi connectivity index (χ2n) is 3.64. The lowest BCUT2D eigenvalue weighted by atomic mass is 10.0. The zero-order valence-corrected chi connectivity index (χ0v) is 8.73. The Labute approximate surface area is 85.5 Å². The molecule has 0 aliphatic heterocycles. The molecule has 74 valence electrons. The Morgan fingerprint density at radius 2 is 2.00 bits per heavy atom. The third kappa shape index (κ3) is 4.04. The third-order valence-electron chi connectivity index (χ3n) is 2.06. The predicted octanol–water partition coefficient (Wildman–Crippen LogP) is 3.01. The highest BCUT2D eigenvalue weighted by molar-refractivity contribution is 5.87. The first kappa shape index (κ1) is 10.7. The summed E-state index contributed by atoms with van der Waals surface area (Å²) in [5, 5.41) is 0. The van der Waals surface area contributed by atoms with E-state index in [0.717, 1.165) is 6.42 Å². The maximum Gasteiger partial charge on any atom is 0.152 e. The molecule has 1 rings (SSSR count). The van der Waals surface area contributed by atoms with E-state index >= 15 is 0 Å². The Balaban J connectivity index is 2.49. The van der Waals surface area contributed by atoms with Crippen LogP contribution in [-0.2, 0) is 11.2 Å². The normalized spacial score (nSPS) is 13.0. The molecule has 0 aliphatic rings. The van der Waals surface area contributed by atoms with E-state index in [1.807, 2.05) is 24.3 Å². The van der Waals surface area contributed by atoms with Gasteiger partial charge < -0.3 is 0 Å². The van der Waals surface area contributed by atoms with Gasteiger partial charge in [-0.3, -0.25) is 4.79 Å². The third-order valence-corrected chi connectivity index (χ3v) is 2.06. The number of hydrogen-bond donors (Lipinski definition) is 0. The summed E-state index contributed by atoms with van der Waals surface area (Å²) in [7, 11) is 0. The molecule has 0 aromatic heterocycles. The van der Waals surface area contributed by atoms with Crippen LogP contribution in [0.4, 0.5) is 0 Å². The molecule has 1 nitrogen and oxygen atoms in total. The summed E-state index contributed by atoms with van der Waals surface area (Å²) in [5.41, 5.74) is 1.31. The Bertz CT molecular complexity index is 311. The van der Waals surface area contributed by atoms with Crippen LogP contribution in [0.3, 0.4) is 0 Å². The number of rotatable bonds is 4. The van der Waals surface area contributed by atoms with Gasteiger partial charge in [0.05, 0.1) is 0 Å². The summed E-state index contributed by atoms with van der Waals surface area (Å²) < 4.78 is 0. The van der Waals surface area contributed by atoms with Gasteiger partial charge in [-0.05, 0) is 30.9 Å². The lowest BCUT2D eigenvalue weighted by Crippen LogP contribution is -1.96. The Morgan fingerprint density at radius 3 is 2.57 bits per heavy atom. The van der Waals surface area contributed by atoms with Gasteiger partial charge in [-0.1, -0.05) is 43.3 Å². The van der Waals surface area contributed by atoms with Crippen LogP contribution in [-0.4, -0.2) is 5.78 Å². The van der Waals surface area contributed by atoms with E-state index in [2.05, 4.69) is 19.1 Å². The van der Waals surface area contributed by atoms with Crippen LogP contribution in [0.1, 0.15) is 19.4 Å². The van der Waals surface area contributed by atoms with Crippen molar-refractivity contribution >= 4 is 5.78 Å². The number of benzene rings is 1. The van der Waals surface area contributed by atoms with E-state index in [9.17, 15) is 4.79 Å². The lowest BCUT2D eigenvalue weighted by Gasteiger charge is -2.05. The molecule has 0 spiro atoms. The molecule has 0 heterocycles. The van der Waals surface area contributed by atoms with E-state index in [4.69, 9.17) is 0 Å². The molecule has 0 fully saturated rings. The van der Waals surface area contributed by atoms with Gasteiger partial charge in [0.15, 0.2) is 5.78 Å². The highest BCUT2D eigenvalue weighted by Gasteiger charge is 1.98. The Morgan fingerprint density at radius 1 is 1.36 bits per heavy atom. The van der Waals surface area contributed by atoms with Gasteiger partial charge in [0.1, 0.15) is 0 Å². The summed E-state index contributed by atoms with van der Waals surface area (Å²) in [6, 6.07) is 10.3. The zero-order valence-electron chi connectivity index (χ0n) is 8.73. The summed E-state index contributed by atoms with van der Waals surface area (Å²) in [6.45, 7) is 3.69. The summed E-state index contributed by atoms with van der Waals surface area (Å²) in [6.07, 6.45) is 4.60. The molecule has 0 amide bonds. The summed E-state index contributed by atoms with van der Waals surface area (Å²) in [5.74, 6) is 0.534. The summed E-state index contributed by atoms with van der Waals surface area (Å²) >= 11 is 0. The highest BCUT2D eigenvalue weighted by Crippen LogP contribution is 2.08. The second kappa shape index (κ2) is 5.38. The number of allylic oxidation sites excluding steroid dienone is 2. The first-order chi connectivity index (χ1) is 6.68. The second-order valence-corrected chi connectivity index (χ2v) is 3.64. The van der Waals surface area contributed by atoms with Crippen LogP contribution in [0.5, 0.6) is 0 Å². The smallest absolute Gasteiger partial charge is 0.152 e. The maximum atomic E-state index is 10.7. The molecular formula is C13H16O. The van der Waals surface area contributed by atoms with Crippen LogP contribution >= 0.6 is 0 Å². The Hall–Kier alpha value is -1.37. The van der Waals surface area contributed by atoms with Crippen LogP contribution in [0.2, 0.25) is 0 Å². The van der Waals surface area contributed by atoms with Gasteiger partial charge in [-0.15, -0.1) is 0 Å². The van der Waals surface area contributed by atoms with E-state index < -0.39 is 0 Å². The molecule has 1 unspecified atom stereocenters. The van der Waals surface area contributed by atoms with E-state index in [1.54, 1.807) is 13.0 Å². The summed E-state index contributed by atoms with van der Waals surface area (Å²) in [4.78, 5) is 10.7. The molecule has 1 atom stereocenters. The predicted molar refractivity (Wildman–Crippen MR) is 59.1 cm³/mol. The minimum atomic E-state index is 0.116. The van der Waals surface area contributed by atoms with Gasteiger partial charge in [0.2, 0.25) is 0 Å². The molecule has 0 N–H and O–H groups in total. The fraction of sp³-hybridized carbons (Fsp3) is 0.308. The van der Waals surface area contributed by atoms with E-state index in [-0.39, 0.29) is 5.78 Å². The lowest BCUT2D eigenvalue weighted by molar-refractivity contribution is -0.112. The van der Waals surface area contributed by atoms with Crippen LogP contribution < -0.4 is 0 Å². The molecule has 0 bridgehead atoms. The standard InChI is InChI=1S/C13H16O/c1-11(8-9-12(2)14)10-13-6-4-3-5-7-13/h3-9,11H,10H2,1-2H3/b9-8+. The first-order valence-corrected chi connectivity index (χ1v) is 4.91. The molecular weight excluding hydrogens is 172 g/mol. The van der Waals surface area contributed by atoms with Crippen molar-refractivity contribution in [2.24, 2.45) is 5.92 Å². The molecule has 0 saturated carbocycles. The Kier molecular flexibility index (Phi) is 4.11. The van der Waals surface area contributed by atoms with Crippen molar-refractivity contribution in [2.75, 3.05) is 0 Å². The van der Waals surface area contributed by atoms with E-state index in [1.165, 1.54) is 5.56 Å². The molecule has 0 saturated heterocycles. The van der Waals surface area contributed by atoms with Crippen molar-refractivity contribution in [2.45, 2.75) is 20.3 Å². The van der Waals surface area contributed by atoms with Crippen molar-refractivity contribution in [1.29, 1.82) is 0 Å². The average molecular weight is 188 g/mol. The van der Waals surface area contributed by atoms with Crippen molar-refractivity contribution in [3.8, 4) is 0 Å². The maximum absolute atomic E-state index is 10.7.